The number of hydrogen-bond acceptors (Lipinski definition) is 4. The number of ether oxygens (including phenoxy) is 2. The van der Waals surface area contributed by atoms with Crippen LogP contribution < -0.4 is 19.1 Å². The van der Waals surface area contributed by atoms with Crippen molar-refractivity contribution in [3.63, 3.8) is 0 Å². The summed E-state index contributed by atoms with van der Waals surface area (Å²) in [5, 5.41) is 0. The summed E-state index contributed by atoms with van der Waals surface area (Å²) in [5.74, 6) is 1.34. The fraction of sp³-hybridized carbons (Fsp3) is 0.364. The summed E-state index contributed by atoms with van der Waals surface area (Å²) in [4.78, 5) is 1.54. The summed E-state index contributed by atoms with van der Waals surface area (Å²) in [6, 6.07) is 10.8. The molecule has 0 aromatic heterocycles. The van der Waals surface area contributed by atoms with Gasteiger partial charge in [0.1, 0.15) is 6.04 Å². The number of benzene rings is 2. The molecule has 2 aromatic rings. The highest BCUT2D eigenvalue weighted by Gasteiger charge is 2.33. The molecule has 0 saturated heterocycles. The minimum Gasteiger partial charge on any atom is -0.493 e. The van der Waals surface area contributed by atoms with Crippen LogP contribution in [0.5, 0.6) is 11.5 Å². The molecule has 2 N–H and O–H groups in total. The van der Waals surface area contributed by atoms with E-state index in [0.29, 0.717) is 18.0 Å². The first-order valence-electron chi connectivity index (χ1n) is 9.66. The van der Waals surface area contributed by atoms with Crippen LogP contribution in [-0.2, 0) is 16.4 Å². The average molecular weight is 418 g/mol. The van der Waals surface area contributed by atoms with E-state index in [9.17, 15) is 8.42 Å². The molecule has 29 heavy (non-hydrogen) atoms. The lowest BCUT2D eigenvalue weighted by atomic mass is 9.92. The van der Waals surface area contributed by atoms with E-state index >= 15 is 0 Å². The first-order valence-corrected chi connectivity index (χ1v) is 11.1. The molecule has 0 amide bonds. The Hall–Kier alpha value is -2.35. The molecule has 2 aromatic carbocycles. The molecule has 1 aliphatic heterocycles. The summed E-state index contributed by atoms with van der Waals surface area (Å²) >= 11 is 0. The number of quaternary nitrogens is 1. The van der Waals surface area contributed by atoms with Gasteiger partial charge in [0, 0.05) is 12.0 Å². The van der Waals surface area contributed by atoms with Gasteiger partial charge < -0.3 is 14.4 Å². The molecule has 0 bridgehead atoms. The van der Waals surface area contributed by atoms with E-state index in [1.807, 2.05) is 25.1 Å². The van der Waals surface area contributed by atoms with Gasteiger partial charge in [0.15, 0.2) is 11.5 Å². The molecule has 0 aliphatic carbocycles. The smallest absolute Gasteiger partial charge is 0.240 e. The minimum absolute atomic E-state index is 0.0446. The van der Waals surface area contributed by atoms with Crippen molar-refractivity contribution >= 4 is 10.0 Å². The maximum atomic E-state index is 12.8. The second-order valence-corrected chi connectivity index (χ2v) is 9.04. The Morgan fingerprint density at radius 3 is 2.45 bits per heavy atom. The Morgan fingerprint density at radius 2 is 1.83 bits per heavy atom. The summed E-state index contributed by atoms with van der Waals surface area (Å²) in [5.41, 5.74) is 3.26. The fourth-order valence-corrected chi connectivity index (χ4v) is 4.89. The van der Waals surface area contributed by atoms with Gasteiger partial charge in [0.2, 0.25) is 10.0 Å². The maximum Gasteiger partial charge on any atom is 0.240 e. The Kier molecular flexibility index (Phi) is 6.62. The number of nitrogens with one attached hydrogen (secondary N) is 2. The van der Waals surface area contributed by atoms with E-state index in [1.165, 1.54) is 4.90 Å². The number of sulfonamides is 1. The van der Waals surface area contributed by atoms with Crippen LogP contribution in [0.25, 0.3) is 0 Å². The Labute approximate surface area is 173 Å². The minimum atomic E-state index is -3.59. The molecule has 0 saturated carbocycles. The molecular weight excluding hydrogens is 388 g/mol. The lowest BCUT2D eigenvalue weighted by Crippen LogP contribution is -3.13. The normalized spacial score (nSPS) is 18.7. The van der Waals surface area contributed by atoms with Crippen molar-refractivity contribution in [1.29, 1.82) is 0 Å². The van der Waals surface area contributed by atoms with Crippen LogP contribution in [0.3, 0.4) is 0 Å². The van der Waals surface area contributed by atoms with Gasteiger partial charge in [-0.05, 0) is 42.8 Å². The lowest BCUT2D eigenvalue weighted by molar-refractivity contribution is -0.926. The second kappa shape index (κ2) is 8.98. The number of aryl methyl sites for hydroxylation is 1. The van der Waals surface area contributed by atoms with Gasteiger partial charge in [-0.25, -0.2) is 13.1 Å². The van der Waals surface area contributed by atoms with Crippen LogP contribution in [0.4, 0.5) is 0 Å². The van der Waals surface area contributed by atoms with Crippen molar-refractivity contribution in [2.45, 2.75) is 24.3 Å². The zero-order valence-electron chi connectivity index (χ0n) is 17.2. The molecule has 2 atom stereocenters. The van der Waals surface area contributed by atoms with E-state index in [4.69, 9.17) is 9.47 Å². The van der Waals surface area contributed by atoms with Gasteiger partial charge in [-0.1, -0.05) is 24.3 Å². The highest BCUT2D eigenvalue weighted by atomic mass is 32.2. The zero-order valence-corrected chi connectivity index (χ0v) is 18.0. The van der Waals surface area contributed by atoms with Crippen molar-refractivity contribution in [3.8, 4) is 11.5 Å². The van der Waals surface area contributed by atoms with E-state index in [-0.39, 0.29) is 10.9 Å². The van der Waals surface area contributed by atoms with E-state index in [0.717, 1.165) is 36.2 Å². The zero-order chi connectivity index (χ0) is 21.0. The molecule has 156 valence electrons. The lowest BCUT2D eigenvalue weighted by Gasteiger charge is -2.34. The first-order chi connectivity index (χ1) is 13.9. The van der Waals surface area contributed by atoms with Crippen LogP contribution in [0.15, 0.2) is 53.9 Å². The second-order valence-electron chi connectivity index (χ2n) is 7.27. The number of fused-ring (bicyclic) bond motifs is 1. The van der Waals surface area contributed by atoms with Crippen LogP contribution in [0, 0.1) is 6.92 Å². The van der Waals surface area contributed by atoms with Crippen LogP contribution in [-0.4, -0.2) is 42.3 Å². The Balaban J connectivity index is 1.91. The highest BCUT2D eigenvalue weighted by Crippen LogP contribution is 2.34. The summed E-state index contributed by atoms with van der Waals surface area (Å²) in [6.45, 7) is 7.74. The van der Waals surface area contributed by atoms with Gasteiger partial charge in [0.25, 0.3) is 0 Å². The highest BCUT2D eigenvalue weighted by molar-refractivity contribution is 7.89. The standard InChI is InChI=1S/C22H28N2O4S/c1-5-11-24-12-10-17-13-21(27-3)22(28-4)14-19(17)20(24)15-23-29(25,26)18-8-6-16(2)7-9-18/h5-9,13-14,20,23H,1,10-12,15H2,2-4H3/p+1/t20-/m1/s1. The van der Waals surface area contributed by atoms with Crippen LogP contribution in [0.1, 0.15) is 22.7 Å². The van der Waals surface area contributed by atoms with Crippen LogP contribution >= 0.6 is 0 Å². The molecule has 6 nitrogen and oxygen atoms in total. The topological polar surface area (TPSA) is 69.1 Å². The van der Waals surface area contributed by atoms with Gasteiger partial charge in [-0.2, -0.15) is 0 Å². The third-order valence-corrected chi connectivity index (χ3v) is 6.88. The van der Waals surface area contributed by atoms with Crippen LogP contribution in [0.2, 0.25) is 0 Å². The predicted octanol–water partition coefficient (Wildman–Crippen LogP) is 1.66. The molecule has 0 spiro atoms. The van der Waals surface area contributed by atoms with Crippen molar-refractivity contribution < 1.29 is 22.8 Å². The number of hydrogen-bond donors (Lipinski definition) is 2. The number of rotatable bonds is 8. The molecule has 7 heteroatoms. The average Bonchev–Trinajstić information content (AvgIpc) is 2.72. The monoisotopic (exact) mass is 417 g/mol. The summed E-state index contributed by atoms with van der Waals surface area (Å²) in [6.07, 6.45) is 2.77. The molecule has 0 radical (unpaired) electrons. The first kappa shape index (κ1) is 21.4. The van der Waals surface area contributed by atoms with Crippen molar-refractivity contribution in [3.05, 3.63) is 65.7 Å². The molecule has 1 unspecified atom stereocenters. The third-order valence-electron chi connectivity index (χ3n) is 5.44. The Morgan fingerprint density at radius 1 is 1.17 bits per heavy atom. The molecule has 0 fully saturated rings. The summed E-state index contributed by atoms with van der Waals surface area (Å²) < 4.78 is 39.3. The van der Waals surface area contributed by atoms with Gasteiger partial charge >= 0.3 is 0 Å². The van der Waals surface area contributed by atoms with Crippen molar-refractivity contribution in [1.82, 2.24) is 4.72 Å². The van der Waals surface area contributed by atoms with Gasteiger partial charge in [0.05, 0.1) is 38.7 Å². The largest absolute Gasteiger partial charge is 0.493 e. The SMILES string of the molecule is C=CC[NH+]1CCc2cc(OC)c(OC)cc2[C@H]1CNS(=O)(=O)c1ccc(C)cc1. The molecule has 3 rings (SSSR count). The van der Waals surface area contributed by atoms with E-state index in [1.54, 1.807) is 38.5 Å². The third kappa shape index (κ3) is 4.63. The maximum absolute atomic E-state index is 12.8. The van der Waals surface area contributed by atoms with Gasteiger partial charge in [-0.3, -0.25) is 0 Å². The van der Waals surface area contributed by atoms with E-state index in [2.05, 4.69) is 11.3 Å². The van der Waals surface area contributed by atoms with Gasteiger partial charge in [-0.15, -0.1) is 0 Å². The Bertz CT molecular complexity index is 971. The van der Waals surface area contributed by atoms with Crippen molar-refractivity contribution in [2.24, 2.45) is 0 Å². The molecular formula is C22H29N2O4S+. The van der Waals surface area contributed by atoms with Crippen molar-refractivity contribution in [2.75, 3.05) is 33.9 Å². The quantitative estimate of drug-likeness (QED) is 0.641. The predicted molar refractivity (Wildman–Crippen MR) is 113 cm³/mol. The number of methoxy groups -OCH3 is 2. The summed E-state index contributed by atoms with van der Waals surface area (Å²) in [7, 11) is -0.363. The molecule has 1 heterocycles. The molecule has 1 aliphatic rings. The fourth-order valence-electron chi connectivity index (χ4n) is 3.84. The van der Waals surface area contributed by atoms with E-state index < -0.39 is 10.0 Å².